The first-order valence-corrected chi connectivity index (χ1v) is 6.11. The highest BCUT2D eigenvalue weighted by atomic mass is 16.6. The standard InChI is InChI=1S/C13H14N4O3/c1-2-7-20-10-5-3-9(4-6-10)11-12(17(18)19)13(14)16-8-15-11/h3-6,8H,2,7H2,1H3,(H2,14,15,16). The molecule has 0 fully saturated rings. The Kier molecular flexibility index (Phi) is 4.09. The molecule has 7 nitrogen and oxygen atoms in total. The van der Waals surface area contributed by atoms with Crippen LogP contribution in [-0.4, -0.2) is 21.5 Å². The molecule has 2 aromatic rings. The van der Waals surface area contributed by atoms with Crippen LogP contribution in [0.3, 0.4) is 0 Å². The van der Waals surface area contributed by atoms with Gasteiger partial charge in [0.2, 0.25) is 5.82 Å². The molecule has 0 spiro atoms. The highest BCUT2D eigenvalue weighted by molar-refractivity contribution is 5.75. The zero-order valence-electron chi connectivity index (χ0n) is 10.9. The minimum absolute atomic E-state index is 0.147. The van der Waals surface area contributed by atoms with E-state index in [0.29, 0.717) is 17.9 Å². The van der Waals surface area contributed by atoms with Crippen molar-refractivity contribution in [2.75, 3.05) is 12.3 Å². The summed E-state index contributed by atoms with van der Waals surface area (Å²) in [5, 5.41) is 11.0. The lowest BCUT2D eigenvalue weighted by molar-refractivity contribution is -0.383. The molecule has 1 aromatic carbocycles. The number of ether oxygens (including phenoxy) is 1. The summed E-state index contributed by atoms with van der Waals surface area (Å²) in [5.41, 5.74) is 6.05. The molecule has 0 aliphatic heterocycles. The molecule has 0 amide bonds. The highest BCUT2D eigenvalue weighted by Gasteiger charge is 2.21. The second-order valence-corrected chi connectivity index (χ2v) is 4.09. The average Bonchev–Trinajstić information content (AvgIpc) is 2.45. The number of nitrogens with two attached hydrogens (primary N) is 1. The average molecular weight is 274 g/mol. The molecule has 1 aromatic heterocycles. The van der Waals surface area contributed by atoms with Crippen LogP contribution in [0.1, 0.15) is 13.3 Å². The third-order valence-electron chi connectivity index (χ3n) is 2.63. The molecule has 20 heavy (non-hydrogen) atoms. The van der Waals surface area contributed by atoms with E-state index >= 15 is 0 Å². The fourth-order valence-electron chi connectivity index (χ4n) is 1.71. The Morgan fingerprint density at radius 3 is 2.60 bits per heavy atom. The van der Waals surface area contributed by atoms with Crippen LogP contribution in [0.15, 0.2) is 30.6 Å². The largest absolute Gasteiger partial charge is 0.494 e. The molecule has 0 radical (unpaired) electrons. The number of benzene rings is 1. The Morgan fingerprint density at radius 1 is 1.30 bits per heavy atom. The summed E-state index contributed by atoms with van der Waals surface area (Å²) in [6, 6.07) is 6.90. The fourth-order valence-corrected chi connectivity index (χ4v) is 1.71. The van der Waals surface area contributed by atoms with Gasteiger partial charge < -0.3 is 10.5 Å². The molecule has 104 valence electrons. The lowest BCUT2D eigenvalue weighted by atomic mass is 10.1. The Morgan fingerprint density at radius 2 is 2.00 bits per heavy atom. The molecular weight excluding hydrogens is 260 g/mol. The molecule has 0 aliphatic rings. The van der Waals surface area contributed by atoms with E-state index in [9.17, 15) is 10.1 Å². The number of nitrogens with zero attached hydrogens (tertiary/aromatic N) is 3. The summed E-state index contributed by atoms with van der Waals surface area (Å²) in [6.07, 6.45) is 2.12. The van der Waals surface area contributed by atoms with E-state index in [4.69, 9.17) is 10.5 Å². The second kappa shape index (κ2) is 5.96. The van der Waals surface area contributed by atoms with Crippen LogP contribution in [0.2, 0.25) is 0 Å². The Hall–Kier alpha value is -2.70. The molecule has 1 heterocycles. The molecule has 2 rings (SSSR count). The van der Waals surface area contributed by atoms with Crippen molar-refractivity contribution in [3.63, 3.8) is 0 Å². The van der Waals surface area contributed by atoms with Gasteiger partial charge in [0, 0.05) is 5.56 Å². The fraction of sp³-hybridized carbons (Fsp3) is 0.231. The SMILES string of the molecule is CCCOc1ccc(-c2ncnc(N)c2[N+](=O)[O-])cc1. The first-order chi connectivity index (χ1) is 9.63. The van der Waals surface area contributed by atoms with Crippen LogP contribution in [-0.2, 0) is 0 Å². The van der Waals surface area contributed by atoms with E-state index in [1.807, 2.05) is 6.92 Å². The predicted octanol–water partition coefficient (Wildman–Crippen LogP) is 2.42. The molecule has 0 unspecified atom stereocenters. The number of aromatic nitrogens is 2. The molecule has 0 atom stereocenters. The second-order valence-electron chi connectivity index (χ2n) is 4.09. The lowest BCUT2D eigenvalue weighted by Crippen LogP contribution is -2.02. The topological polar surface area (TPSA) is 104 Å². The van der Waals surface area contributed by atoms with Crippen LogP contribution < -0.4 is 10.5 Å². The van der Waals surface area contributed by atoms with Crippen molar-refractivity contribution >= 4 is 11.5 Å². The molecule has 0 aliphatic carbocycles. The van der Waals surface area contributed by atoms with E-state index in [2.05, 4.69) is 9.97 Å². The minimum atomic E-state index is -0.577. The normalized spacial score (nSPS) is 10.2. The summed E-state index contributed by atoms with van der Waals surface area (Å²) < 4.78 is 5.46. The Bertz CT molecular complexity index is 614. The van der Waals surface area contributed by atoms with Crippen molar-refractivity contribution in [1.29, 1.82) is 0 Å². The van der Waals surface area contributed by atoms with Crippen LogP contribution in [0.4, 0.5) is 11.5 Å². The minimum Gasteiger partial charge on any atom is -0.494 e. The third kappa shape index (κ3) is 2.82. The van der Waals surface area contributed by atoms with Gasteiger partial charge in [0.1, 0.15) is 12.1 Å². The zero-order chi connectivity index (χ0) is 14.5. The smallest absolute Gasteiger partial charge is 0.337 e. The molecule has 0 saturated carbocycles. The van der Waals surface area contributed by atoms with Crippen LogP contribution in [0, 0.1) is 10.1 Å². The molecule has 7 heteroatoms. The van der Waals surface area contributed by atoms with Gasteiger partial charge in [-0.05, 0) is 30.7 Å². The number of hydrogen-bond donors (Lipinski definition) is 1. The summed E-state index contributed by atoms with van der Waals surface area (Å²) in [5.74, 6) is 0.562. The van der Waals surface area contributed by atoms with Crippen LogP contribution in [0.5, 0.6) is 5.75 Å². The summed E-state index contributed by atoms with van der Waals surface area (Å²) >= 11 is 0. The molecule has 0 bridgehead atoms. The molecule has 0 saturated heterocycles. The maximum absolute atomic E-state index is 11.0. The lowest BCUT2D eigenvalue weighted by Gasteiger charge is -2.06. The number of hydrogen-bond acceptors (Lipinski definition) is 6. The van der Waals surface area contributed by atoms with E-state index in [0.717, 1.165) is 6.42 Å². The van der Waals surface area contributed by atoms with E-state index < -0.39 is 4.92 Å². The summed E-state index contributed by atoms with van der Waals surface area (Å²) in [4.78, 5) is 18.1. The van der Waals surface area contributed by atoms with Gasteiger partial charge in [0.05, 0.1) is 11.5 Å². The van der Waals surface area contributed by atoms with Gasteiger partial charge in [0.25, 0.3) is 0 Å². The van der Waals surface area contributed by atoms with Gasteiger partial charge in [0.15, 0.2) is 5.69 Å². The van der Waals surface area contributed by atoms with Crippen molar-refractivity contribution in [3.8, 4) is 17.0 Å². The van der Waals surface area contributed by atoms with Crippen LogP contribution in [0.25, 0.3) is 11.3 Å². The number of rotatable bonds is 5. The Balaban J connectivity index is 2.37. The third-order valence-corrected chi connectivity index (χ3v) is 2.63. The monoisotopic (exact) mass is 274 g/mol. The number of nitro groups is 1. The van der Waals surface area contributed by atoms with Gasteiger partial charge >= 0.3 is 5.69 Å². The van der Waals surface area contributed by atoms with Crippen molar-refractivity contribution in [2.24, 2.45) is 0 Å². The Labute approximate surface area is 115 Å². The van der Waals surface area contributed by atoms with Crippen molar-refractivity contribution in [1.82, 2.24) is 9.97 Å². The van der Waals surface area contributed by atoms with E-state index in [1.165, 1.54) is 6.33 Å². The number of anilines is 1. The van der Waals surface area contributed by atoms with Crippen molar-refractivity contribution < 1.29 is 9.66 Å². The van der Waals surface area contributed by atoms with Gasteiger partial charge in [-0.2, -0.15) is 0 Å². The molecule has 2 N–H and O–H groups in total. The van der Waals surface area contributed by atoms with E-state index in [1.54, 1.807) is 24.3 Å². The summed E-state index contributed by atoms with van der Waals surface area (Å²) in [7, 11) is 0. The van der Waals surface area contributed by atoms with Crippen LogP contribution >= 0.6 is 0 Å². The van der Waals surface area contributed by atoms with Crippen molar-refractivity contribution in [3.05, 3.63) is 40.7 Å². The summed E-state index contributed by atoms with van der Waals surface area (Å²) in [6.45, 7) is 2.64. The van der Waals surface area contributed by atoms with Crippen molar-refractivity contribution in [2.45, 2.75) is 13.3 Å². The number of nitrogen functional groups attached to an aromatic ring is 1. The van der Waals surface area contributed by atoms with E-state index in [-0.39, 0.29) is 17.2 Å². The zero-order valence-corrected chi connectivity index (χ0v) is 10.9. The highest BCUT2D eigenvalue weighted by Crippen LogP contribution is 2.31. The quantitative estimate of drug-likeness (QED) is 0.663. The maximum Gasteiger partial charge on any atom is 0.337 e. The molecular formula is C13H14N4O3. The predicted molar refractivity (Wildman–Crippen MR) is 74.3 cm³/mol. The van der Waals surface area contributed by atoms with Gasteiger partial charge in [-0.25, -0.2) is 9.97 Å². The first kappa shape index (κ1) is 13.7. The maximum atomic E-state index is 11.0. The van der Waals surface area contributed by atoms with Gasteiger partial charge in [-0.1, -0.05) is 6.92 Å². The van der Waals surface area contributed by atoms with Gasteiger partial charge in [-0.3, -0.25) is 10.1 Å². The first-order valence-electron chi connectivity index (χ1n) is 6.11. The van der Waals surface area contributed by atoms with Gasteiger partial charge in [-0.15, -0.1) is 0 Å².